The van der Waals surface area contributed by atoms with Crippen molar-refractivity contribution in [1.82, 2.24) is 16.2 Å². The van der Waals surface area contributed by atoms with Crippen LogP contribution >= 0.6 is 35.2 Å². The summed E-state index contributed by atoms with van der Waals surface area (Å²) in [6.07, 6.45) is 3.02. The number of amides is 2. The summed E-state index contributed by atoms with van der Waals surface area (Å²) in [7, 11) is 0. The van der Waals surface area contributed by atoms with Gasteiger partial charge in [-0.25, -0.2) is 0 Å². The quantitative estimate of drug-likeness (QED) is 0.402. The zero-order valence-corrected chi connectivity index (χ0v) is 16.1. The first kappa shape index (κ1) is 19.9. The van der Waals surface area contributed by atoms with Crippen molar-refractivity contribution in [2.45, 2.75) is 6.92 Å². The summed E-state index contributed by atoms with van der Waals surface area (Å²) in [5, 5.41) is 4.92. The third-order valence-corrected chi connectivity index (χ3v) is 4.46. The number of carbonyl (C=O) groups is 2. The Morgan fingerprint density at radius 2 is 2.12 bits per heavy atom. The summed E-state index contributed by atoms with van der Waals surface area (Å²) in [5.41, 5.74) is 5.62. The normalized spacial score (nSPS) is 10.4. The number of thiocarbonyl (C=S) groups is 1. The number of hydrogen-bond donors (Lipinski definition) is 3. The van der Waals surface area contributed by atoms with Crippen LogP contribution in [-0.4, -0.2) is 23.5 Å². The Hall–Kier alpha value is -2.42. The maximum Gasteiger partial charge on any atom is 0.276 e. The van der Waals surface area contributed by atoms with Crippen molar-refractivity contribution in [3.63, 3.8) is 0 Å². The highest BCUT2D eigenvalue weighted by Gasteiger charge is 2.06. The highest BCUT2D eigenvalue weighted by Crippen LogP contribution is 2.20. The van der Waals surface area contributed by atoms with E-state index >= 15 is 0 Å². The molecule has 0 fully saturated rings. The zero-order chi connectivity index (χ0) is 18.9. The van der Waals surface area contributed by atoms with Gasteiger partial charge in [-0.3, -0.25) is 25.8 Å². The van der Waals surface area contributed by atoms with E-state index in [2.05, 4.69) is 16.2 Å². The second kappa shape index (κ2) is 9.91. The molecule has 2 aromatic rings. The molecule has 1 aromatic carbocycles. The number of rotatable bonds is 5. The van der Waals surface area contributed by atoms with Gasteiger partial charge in [0, 0.05) is 16.0 Å². The van der Waals surface area contributed by atoms with Crippen LogP contribution in [0.25, 0.3) is 6.08 Å². The van der Waals surface area contributed by atoms with E-state index in [1.807, 2.05) is 24.4 Å². The molecule has 0 bridgehead atoms. The lowest BCUT2D eigenvalue weighted by Crippen LogP contribution is -2.49. The minimum Gasteiger partial charge on any atom is -0.484 e. The third-order valence-electron chi connectivity index (χ3n) is 2.99. The Balaban J connectivity index is 1.68. The lowest BCUT2D eigenvalue weighted by atomic mass is 10.2. The first-order valence-corrected chi connectivity index (χ1v) is 9.11. The second-order valence-electron chi connectivity index (χ2n) is 5.04. The van der Waals surface area contributed by atoms with E-state index < -0.39 is 11.8 Å². The molecule has 0 aliphatic rings. The molecular weight excluding hydrogens is 394 g/mol. The summed E-state index contributed by atoms with van der Waals surface area (Å²) in [5.74, 6) is -0.335. The van der Waals surface area contributed by atoms with Gasteiger partial charge in [-0.15, -0.1) is 11.3 Å². The van der Waals surface area contributed by atoms with E-state index in [9.17, 15) is 9.59 Å². The van der Waals surface area contributed by atoms with Gasteiger partial charge in [-0.05, 0) is 60.4 Å². The van der Waals surface area contributed by atoms with E-state index in [-0.39, 0.29) is 11.7 Å². The van der Waals surface area contributed by atoms with E-state index in [1.54, 1.807) is 24.3 Å². The summed E-state index contributed by atoms with van der Waals surface area (Å²) in [6.45, 7) is 1.62. The van der Waals surface area contributed by atoms with Gasteiger partial charge in [-0.1, -0.05) is 17.7 Å². The van der Waals surface area contributed by atoms with Crippen molar-refractivity contribution in [2.24, 2.45) is 0 Å². The number of nitrogens with one attached hydrogen (secondary N) is 3. The van der Waals surface area contributed by atoms with E-state index in [0.717, 1.165) is 10.4 Å². The van der Waals surface area contributed by atoms with E-state index in [4.69, 9.17) is 28.6 Å². The number of hydrogen-bond acceptors (Lipinski definition) is 5. The molecule has 2 rings (SSSR count). The highest BCUT2D eigenvalue weighted by atomic mass is 35.5. The fraction of sp³-hybridized carbons (Fsp3) is 0.118. The first-order valence-electron chi connectivity index (χ1n) is 7.44. The lowest BCUT2D eigenvalue weighted by molar-refractivity contribution is -0.123. The van der Waals surface area contributed by atoms with Crippen LogP contribution in [0.15, 0.2) is 41.8 Å². The number of ether oxygens (including phenoxy) is 1. The molecule has 1 aromatic heterocycles. The van der Waals surface area contributed by atoms with Gasteiger partial charge in [-0.2, -0.15) is 0 Å². The van der Waals surface area contributed by atoms with Crippen molar-refractivity contribution >= 4 is 58.2 Å². The van der Waals surface area contributed by atoms with Crippen LogP contribution in [0, 0.1) is 6.92 Å². The Labute approximate surface area is 165 Å². The molecular formula is C17H16ClN3O3S2. The molecule has 1 heterocycles. The molecule has 0 spiro atoms. The predicted octanol–water partition coefficient (Wildman–Crippen LogP) is 2.82. The van der Waals surface area contributed by atoms with Crippen LogP contribution in [0.5, 0.6) is 5.75 Å². The monoisotopic (exact) mass is 409 g/mol. The molecule has 26 heavy (non-hydrogen) atoms. The van der Waals surface area contributed by atoms with Gasteiger partial charge in [0.25, 0.3) is 5.91 Å². The number of hydrazine groups is 1. The van der Waals surface area contributed by atoms with Crippen LogP contribution < -0.4 is 20.9 Å². The third kappa shape index (κ3) is 6.83. The minimum absolute atomic E-state index is 0.0264. The highest BCUT2D eigenvalue weighted by molar-refractivity contribution is 7.80. The maximum absolute atomic E-state index is 11.7. The zero-order valence-electron chi connectivity index (χ0n) is 13.7. The van der Waals surface area contributed by atoms with Crippen LogP contribution in [0.4, 0.5) is 0 Å². The Bertz CT molecular complexity index is 823. The van der Waals surface area contributed by atoms with E-state index in [1.165, 1.54) is 17.4 Å². The molecule has 0 saturated carbocycles. The number of halogens is 1. The number of thiophene rings is 1. The fourth-order valence-corrected chi connectivity index (χ4v) is 2.63. The average molecular weight is 410 g/mol. The van der Waals surface area contributed by atoms with Gasteiger partial charge in [0.1, 0.15) is 5.75 Å². The molecule has 2 amide bonds. The Kier molecular flexibility index (Phi) is 7.58. The van der Waals surface area contributed by atoms with Gasteiger partial charge >= 0.3 is 0 Å². The predicted molar refractivity (Wildman–Crippen MR) is 107 cm³/mol. The van der Waals surface area contributed by atoms with Gasteiger partial charge in [0.15, 0.2) is 11.7 Å². The number of carbonyl (C=O) groups excluding carboxylic acids is 2. The van der Waals surface area contributed by atoms with Crippen molar-refractivity contribution < 1.29 is 14.3 Å². The molecule has 0 unspecified atom stereocenters. The SMILES string of the molecule is Cc1cc(OCC(=O)NNC(=S)NC(=O)C=Cc2cccs2)ccc1Cl. The maximum atomic E-state index is 11.7. The standard InChI is InChI=1S/C17H16ClN3O3S2/c1-11-9-12(4-6-14(11)18)24-10-16(23)20-21-17(25)19-15(22)7-5-13-3-2-8-26-13/h2-9H,10H2,1H3,(H,20,23)(H2,19,21,22,25). The molecule has 9 heteroatoms. The molecule has 3 N–H and O–H groups in total. The molecule has 136 valence electrons. The molecule has 0 atom stereocenters. The largest absolute Gasteiger partial charge is 0.484 e. The smallest absolute Gasteiger partial charge is 0.276 e. The molecule has 0 aliphatic heterocycles. The molecule has 0 radical (unpaired) electrons. The molecule has 6 nitrogen and oxygen atoms in total. The summed E-state index contributed by atoms with van der Waals surface area (Å²) < 4.78 is 5.35. The van der Waals surface area contributed by atoms with Crippen molar-refractivity contribution in [3.8, 4) is 5.75 Å². The van der Waals surface area contributed by atoms with Crippen molar-refractivity contribution in [2.75, 3.05) is 6.61 Å². The molecule has 0 aliphatic carbocycles. The van der Waals surface area contributed by atoms with Crippen LogP contribution in [-0.2, 0) is 9.59 Å². The van der Waals surface area contributed by atoms with Gasteiger partial charge in [0.2, 0.25) is 5.91 Å². The van der Waals surface area contributed by atoms with E-state index in [0.29, 0.717) is 10.8 Å². The van der Waals surface area contributed by atoms with Crippen molar-refractivity contribution in [1.29, 1.82) is 0 Å². The van der Waals surface area contributed by atoms with Gasteiger partial charge in [0.05, 0.1) is 0 Å². The topological polar surface area (TPSA) is 79.5 Å². The number of aryl methyl sites for hydroxylation is 1. The van der Waals surface area contributed by atoms with Crippen molar-refractivity contribution in [3.05, 3.63) is 57.3 Å². The Morgan fingerprint density at radius 1 is 1.31 bits per heavy atom. The molecule has 0 saturated heterocycles. The average Bonchev–Trinajstić information content (AvgIpc) is 3.13. The van der Waals surface area contributed by atoms with Gasteiger partial charge < -0.3 is 4.74 Å². The van der Waals surface area contributed by atoms with Crippen LogP contribution in [0.3, 0.4) is 0 Å². The van der Waals surface area contributed by atoms with Crippen LogP contribution in [0.1, 0.15) is 10.4 Å². The fourth-order valence-electron chi connectivity index (χ4n) is 1.75. The van der Waals surface area contributed by atoms with Crippen LogP contribution in [0.2, 0.25) is 5.02 Å². The summed E-state index contributed by atoms with van der Waals surface area (Å²) >= 11 is 12.4. The summed E-state index contributed by atoms with van der Waals surface area (Å²) in [4.78, 5) is 24.4. The lowest BCUT2D eigenvalue weighted by Gasteiger charge is -2.11. The minimum atomic E-state index is -0.455. The number of benzene rings is 1. The first-order chi connectivity index (χ1) is 12.4. The second-order valence-corrected chi connectivity index (χ2v) is 6.83. The Morgan fingerprint density at radius 3 is 2.81 bits per heavy atom. The summed E-state index contributed by atoms with van der Waals surface area (Å²) in [6, 6.07) is 8.86.